The molecule has 2 atom stereocenters. The third-order valence-electron chi connectivity index (χ3n) is 3.70. The Bertz CT molecular complexity index is 731. The van der Waals surface area contributed by atoms with Crippen LogP contribution in [0.2, 0.25) is 3.93 Å². The number of carboxylic acids is 3. The Morgan fingerprint density at radius 2 is 1.83 bits per heavy atom. The van der Waals surface area contributed by atoms with E-state index in [-0.39, 0.29) is 24.0 Å². The average molecular weight is 616 g/mol. The van der Waals surface area contributed by atoms with Gasteiger partial charge in [-0.2, -0.15) is 0 Å². The molecule has 0 bridgehead atoms. The van der Waals surface area contributed by atoms with Gasteiger partial charge in [0.15, 0.2) is 0 Å². The van der Waals surface area contributed by atoms with Crippen molar-refractivity contribution in [3.05, 3.63) is 29.8 Å². The van der Waals surface area contributed by atoms with Crippen LogP contribution in [0.25, 0.3) is 0 Å². The number of carbonyl (C=O) groups excluding carboxylic acids is 1. The van der Waals surface area contributed by atoms with E-state index in [0.29, 0.717) is 3.93 Å². The quantitative estimate of drug-likeness (QED) is 0.222. The van der Waals surface area contributed by atoms with Gasteiger partial charge in [0.2, 0.25) is 0 Å². The average Bonchev–Trinajstić information content (AvgIpc) is 2.67. The molecule has 0 saturated heterocycles. The molecule has 0 saturated carbocycles. The number of carboxylic acid groups (broad SMARTS) is 3. The van der Waals surface area contributed by atoms with Gasteiger partial charge >= 0.3 is 182 Å². The summed E-state index contributed by atoms with van der Waals surface area (Å²) in [7, 11) is 2.69. The summed E-state index contributed by atoms with van der Waals surface area (Å²) in [5.41, 5.74) is 0.190. The van der Waals surface area contributed by atoms with Gasteiger partial charge < -0.3 is 0 Å². The minimum atomic E-state index is -1.81. The zero-order valence-electron chi connectivity index (χ0n) is 15.7. The molecule has 12 heteroatoms. The standard InChI is InChI=1S/C13H16NO5.C4H6O4S.Hg/c1-9(18-2)7-14-13(17)10-5-3-4-6-11(10)19-8-12(15)16;5-3(6)1-2(9)4(7)8;/h3-6,9H,1,7-8H2,2H3,(H,14,17)(H,15,16);2,9H,1H2,(H,5,6)(H,7,8);/q;;+1/p-1. The first-order valence-corrected chi connectivity index (χ1v) is 20.2. The Balaban J connectivity index is 2.55. The van der Waals surface area contributed by atoms with E-state index in [9.17, 15) is 19.2 Å². The fraction of sp³-hybridized carbons (Fsp3) is 0.412. The van der Waals surface area contributed by atoms with Crippen molar-refractivity contribution in [2.75, 3.05) is 20.3 Å². The fourth-order valence-corrected chi connectivity index (χ4v) is 16.0. The van der Waals surface area contributed by atoms with Crippen LogP contribution in [0.3, 0.4) is 0 Å². The molecule has 1 rings (SSSR count). The number of nitrogens with one attached hydrogen (secondary N) is 1. The van der Waals surface area contributed by atoms with E-state index in [1.165, 1.54) is 27.5 Å². The third-order valence-corrected chi connectivity index (χ3v) is 17.6. The first kappa shape index (κ1) is 25.2. The number of hydrogen-bond donors (Lipinski definition) is 4. The number of benzene rings is 1. The molecular formula is C17H21HgNO9S. The van der Waals surface area contributed by atoms with Crippen molar-refractivity contribution in [2.45, 2.75) is 21.7 Å². The molecule has 0 aliphatic rings. The molecule has 10 nitrogen and oxygen atoms in total. The van der Waals surface area contributed by atoms with E-state index in [0.717, 1.165) is 0 Å². The Morgan fingerprint density at radius 3 is 2.41 bits per heavy atom. The monoisotopic (exact) mass is 617 g/mol. The first-order chi connectivity index (χ1) is 13.7. The van der Waals surface area contributed by atoms with Gasteiger partial charge in [-0.15, -0.1) is 0 Å². The molecule has 0 aliphatic heterocycles. The zero-order valence-corrected chi connectivity index (χ0v) is 22.0. The summed E-state index contributed by atoms with van der Waals surface area (Å²) in [5, 5.41) is 28.3. The van der Waals surface area contributed by atoms with Crippen LogP contribution in [-0.4, -0.2) is 70.8 Å². The predicted molar refractivity (Wildman–Crippen MR) is 98.8 cm³/mol. The number of rotatable bonds is 14. The number of hydrogen-bond acceptors (Lipinski definition) is 7. The van der Waals surface area contributed by atoms with E-state index in [4.69, 9.17) is 24.8 Å². The number of amides is 1. The van der Waals surface area contributed by atoms with Crippen LogP contribution in [0.15, 0.2) is 24.3 Å². The van der Waals surface area contributed by atoms with Crippen LogP contribution < -0.4 is 10.1 Å². The number of carbonyl (C=O) groups is 4. The molecular weight excluding hydrogens is 595 g/mol. The second-order valence-electron chi connectivity index (χ2n) is 5.83. The molecule has 0 aliphatic carbocycles. The second-order valence-corrected chi connectivity index (χ2v) is 18.0. The van der Waals surface area contributed by atoms with E-state index in [1.807, 2.05) is 0 Å². The Labute approximate surface area is 181 Å². The third kappa shape index (κ3) is 9.95. The molecule has 1 amide bonds. The Morgan fingerprint density at radius 1 is 1.14 bits per heavy atom. The van der Waals surface area contributed by atoms with Gasteiger partial charge in [-0.1, -0.05) is 0 Å². The summed E-state index contributed by atoms with van der Waals surface area (Å²) >= 11 is -1.81. The van der Waals surface area contributed by atoms with E-state index < -0.39 is 65.2 Å². The second kappa shape index (κ2) is 13.4. The van der Waals surface area contributed by atoms with Gasteiger partial charge in [0.25, 0.3) is 0 Å². The van der Waals surface area contributed by atoms with Crippen molar-refractivity contribution < 1.29 is 67.0 Å². The summed E-state index contributed by atoms with van der Waals surface area (Å²) in [5.74, 6) is -3.76. The van der Waals surface area contributed by atoms with Crippen LogP contribution in [0.4, 0.5) is 0 Å². The Hall–Kier alpha value is -1.85. The zero-order chi connectivity index (χ0) is 21.8. The molecule has 1 aromatic rings. The fourth-order valence-electron chi connectivity index (χ4n) is 2.24. The minimum absolute atomic E-state index is 0.148. The van der Waals surface area contributed by atoms with Crippen molar-refractivity contribution in [2.24, 2.45) is 0 Å². The maximum absolute atomic E-state index is 12.4. The van der Waals surface area contributed by atoms with Crippen molar-refractivity contribution in [1.29, 1.82) is 0 Å². The number of para-hydroxylation sites is 1. The van der Waals surface area contributed by atoms with Crippen molar-refractivity contribution >= 4 is 32.1 Å². The van der Waals surface area contributed by atoms with Crippen LogP contribution in [0.5, 0.6) is 5.75 Å². The predicted octanol–water partition coefficient (Wildman–Crippen LogP) is 0.972. The van der Waals surface area contributed by atoms with Crippen molar-refractivity contribution in [3.63, 3.8) is 0 Å². The maximum atomic E-state index is 12.4. The summed E-state index contributed by atoms with van der Waals surface area (Å²) in [6, 6.07) is 6.24. The van der Waals surface area contributed by atoms with E-state index >= 15 is 0 Å². The first-order valence-electron chi connectivity index (χ1n) is 8.55. The molecule has 0 aromatic heterocycles. The molecule has 0 spiro atoms. The van der Waals surface area contributed by atoms with Crippen LogP contribution >= 0.6 is 8.24 Å². The molecule has 0 fully saturated rings. The topological polar surface area (TPSA) is 159 Å². The number of aliphatic carboxylic acids is 3. The summed E-state index contributed by atoms with van der Waals surface area (Å²) in [6.07, 6.45) is -0.749. The van der Waals surface area contributed by atoms with Gasteiger partial charge in [-0.25, -0.2) is 0 Å². The van der Waals surface area contributed by atoms with E-state index in [1.54, 1.807) is 12.1 Å². The summed E-state index contributed by atoms with van der Waals surface area (Å²) in [6.45, 7) is -0.391. The molecule has 2 unspecified atom stereocenters. The molecule has 0 heterocycles. The number of methoxy groups -OCH3 is 1. The normalized spacial score (nSPS) is 12.3. The van der Waals surface area contributed by atoms with Gasteiger partial charge in [0, 0.05) is 0 Å². The van der Waals surface area contributed by atoms with Crippen molar-refractivity contribution in [1.82, 2.24) is 5.32 Å². The summed E-state index contributed by atoms with van der Waals surface area (Å²) in [4.78, 5) is 44.9. The van der Waals surface area contributed by atoms with Crippen LogP contribution in [-0.2, 0) is 42.2 Å². The van der Waals surface area contributed by atoms with Gasteiger partial charge in [0.1, 0.15) is 0 Å². The SMILES string of the molecule is COC(CNC(=O)c1ccccc1OCC(=O)O)[CH2][Hg][S]C(CC(=O)O)C(=O)O. The van der Waals surface area contributed by atoms with Gasteiger partial charge in [-0.05, 0) is 0 Å². The van der Waals surface area contributed by atoms with E-state index in [2.05, 4.69) is 5.32 Å². The van der Waals surface area contributed by atoms with Crippen LogP contribution in [0.1, 0.15) is 16.8 Å². The van der Waals surface area contributed by atoms with Crippen molar-refractivity contribution in [3.8, 4) is 5.75 Å². The van der Waals surface area contributed by atoms with Crippen LogP contribution in [0, 0.1) is 0 Å². The number of ether oxygens (including phenoxy) is 2. The molecule has 4 N–H and O–H groups in total. The van der Waals surface area contributed by atoms with Gasteiger partial charge in [-0.3, -0.25) is 0 Å². The van der Waals surface area contributed by atoms with Gasteiger partial charge in [0.05, 0.1) is 0 Å². The molecule has 1 aromatic carbocycles. The molecule has 0 radical (unpaired) electrons. The molecule has 29 heavy (non-hydrogen) atoms. The molecule has 156 valence electrons. The Kier molecular flexibility index (Phi) is 11.6. The summed E-state index contributed by atoms with van der Waals surface area (Å²) < 4.78 is 11.0.